The second-order valence-corrected chi connectivity index (χ2v) is 13.3. The minimum absolute atomic E-state index is 0.157. The number of fused-ring (bicyclic) bond motifs is 1. The zero-order valence-corrected chi connectivity index (χ0v) is 28.2. The average molecular weight is 754 g/mol. The molecule has 4 heterocycles. The molecular formula is C32H34Br2N8O4. The van der Waals surface area contributed by atoms with Gasteiger partial charge < -0.3 is 30.7 Å². The number of nitrogen functional groups attached to an aromatic ring is 1. The predicted octanol–water partition coefficient (Wildman–Crippen LogP) is 3.50. The highest BCUT2D eigenvalue weighted by atomic mass is 79.9. The van der Waals surface area contributed by atoms with E-state index >= 15 is 0 Å². The Morgan fingerprint density at radius 2 is 1.59 bits per heavy atom. The first-order valence-corrected chi connectivity index (χ1v) is 16.7. The van der Waals surface area contributed by atoms with Crippen molar-refractivity contribution in [2.45, 2.75) is 31.3 Å². The van der Waals surface area contributed by atoms with Crippen LogP contribution in [-0.2, 0) is 11.2 Å². The van der Waals surface area contributed by atoms with Crippen LogP contribution in [0, 0.1) is 0 Å². The number of benzene rings is 2. The van der Waals surface area contributed by atoms with Crippen LogP contribution in [0.25, 0.3) is 10.9 Å². The van der Waals surface area contributed by atoms with Crippen molar-refractivity contribution in [1.82, 2.24) is 29.7 Å². The van der Waals surface area contributed by atoms with Crippen molar-refractivity contribution in [3.63, 3.8) is 0 Å². The summed E-state index contributed by atoms with van der Waals surface area (Å²) in [5, 5.41) is 3.46. The number of nitrogens with zero attached hydrogens (tertiary/aromatic N) is 5. The monoisotopic (exact) mass is 752 g/mol. The molecule has 14 heteroatoms. The highest BCUT2D eigenvalue weighted by Gasteiger charge is 2.32. The fraction of sp³-hybridized carbons (Fsp3) is 0.344. The lowest BCUT2D eigenvalue weighted by Crippen LogP contribution is -2.58. The highest BCUT2D eigenvalue weighted by Crippen LogP contribution is 2.30. The Morgan fingerprint density at radius 1 is 0.935 bits per heavy atom. The summed E-state index contributed by atoms with van der Waals surface area (Å²) >= 11 is 6.97. The number of hydrogen-bond acceptors (Lipinski definition) is 7. The summed E-state index contributed by atoms with van der Waals surface area (Å²) < 4.78 is 2.66. The molecule has 2 aliphatic heterocycles. The zero-order valence-electron chi connectivity index (χ0n) is 25.0. The molecule has 2 aromatic carbocycles. The van der Waals surface area contributed by atoms with Crippen LogP contribution in [0.1, 0.15) is 24.4 Å². The van der Waals surface area contributed by atoms with E-state index in [1.807, 2.05) is 24.3 Å². The van der Waals surface area contributed by atoms with Gasteiger partial charge in [-0.05, 0) is 86.7 Å². The molecule has 1 atom stereocenters. The van der Waals surface area contributed by atoms with Gasteiger partial charge in [-0.1, -0.05) is 12.1 Å². The molecule has 2 fully saturated rings. The number of nitrogens with one attached hydrogen (secondary N) is 2. The smallest absolute Gasteiger partial charge is 0.329 e. The average Bonchev–Trinajstić information content (AvgIpc) is 3.07. The van der Waals surface area contributed by atoms with E-state index < -0.39 is 11.7 Å². The lowest BCUT2D eigenvalue weighted by molar-refractivity contribution is -0.133. The van der Waals surface area contributed by atoms with Gasteiger partial charge in [0.25, 0.3) is 5.56 Å². The van der Waals surface area contributed by atoms with Crippen LogP contribution in [0.4, 0.5) is 16.2 Å². The largest absolute Gasteiger partial charge is 0.397 e. The topological polar surface area (TPSA) is 150 Å². The van der Waals surface area contributed by atoms with Crippen molar-refractivity contribution in [3.8, 4) is 0 Å². The minimum Gasteiger partial charge on any atom is -0.397 e. The normalized spacial score (nSPS) is 16.4. The zero-order chi connectivity index (χ0) is 32.4. The van der Waals surface area contributed by atoms with Gasteiger partial charge in [-0.2, -0.15) is 0 Å². The van der Waals surface area contributed by atoms with Crippen molar-refractivity contribution in [2.24, 2.45) is 0 Å². The Hall–Kier alpha value is -4.17. The van der Waals surface area contributed by atoms with E-state index in [4.69, 9.17) is 5.73 Å². The second-order valence-electron chi connectivity index (χ2n) is 11.6. The Bertz CT molecular complexity index is 1840. The molecule has 2 aliphatic rings. The predicted molar refractivity (Wildman–Crippen MR) is 184 cm³/mol. The first kappa shape index (κ1) is 31.8. The number of aromatic nitrogens is 3. The standard InChI is InChI=1S/C32H34Br2N8O4/c33-24-17-20(18-25(34)28(24)35)19-27(30(44)40-15-13-39(14-16-40)21-5-9-36-10-6-21)38-31(45)41-11-7-22(8-12-41)42-29(43)23-3-1-2-4-26(23)37-32(42)46/h1-6,9-10,17-18,22,27H,7-8,11-16,19,35H2,(H,37,46)(H,38,45)/t27-/m1/s1. The van der Waals surface area contributed by atoms with Crippen LogP contribution < -0.4 is 27.2 Å². The molecule has 6 rings (SSSR count). The summed E-state index contributed by atoms with van der Waals surface area (Å²) in [5.74, 6) is -0.157. The van der Waals surface area contributed by atoms with E-state index in [2.05, 4.69) is 52.0 Å². The molecule has 0 aliphatic carbocycles. The van der Waals surface area contributed by atoms with Crippen molar-refractivity contribution < 1.29 is 9.59 Å². The first-order valence-electron chi connectivity index (χ1n) is 15.2. The molecule has 4 aromatic rings. The van der Waals surface area contributed by atoms with Gasteiger partial charge in [-0.15, -0.1) is 0 Å². The lowest BCUT2D eigenvalue weighted by atomic mass is 10.0. The summed E-state index contributed by atoms with van der Waals surface area (Å²) in [7, 11) is 0. The molecule has 0 unspecified atom stereocenters. The molecule has 0 radical (unpaired) electrons. The quantitative estimate of drug-likeness (QED) is 0.255. The number of carbonyl (C=O) groups is 2. The van der Waals surface area contributed by atoms with Gasteiger partial charge in [-0.3, -0.25) is 19.1 Å². The second kappa shape index (κ2) is 13.7. The number of pyridine rings is 1. The van der Waals surface area contributed by atoms with Crippen LogP contribution in [0.15, 0.2) is 79.5 Å². The molecule has 46 heavy (non-hydrogen) atoms. The fourth-order valence-corrected chi connectivity index (χ4v) is 7.51. The summed E-state index contributed by atoms with van der Waals surface area (Å²) in [6.07, 6.45) is 4.64. The number of H-pyrrole nitrogens is 1. The Balaban J connectivity index is 1.15. The number of hydrogen-bond donors (Lipinski definition) is 3. The van der Waals surface area contributed by atoms with Crippen LogP contribution in [0.3, 0.4) is 0 Å². The van der Waals surface area contributed by atoms with Gasteiger partial charge >= 0.3 is 11.7 Å². The Labute approximate surface area is 281 Å². The molecule has 2 aromatic heterocycles. The molecule has 12 nitrogen and oxygen atoms in total. The minimum atomic E-state index is -0.814. The number of urea groups is 1. The maximum atomic E-state index is 14.0. The Kier molecular flexibility index (Phi) is 9.45. The number of halogens is 2. The van der Waals surface area contributed by atoms with Crippen molar-refractivity contribution >= 4 is 66.1 Å². The summed E-state index contributed by atoms with van der Waals surface area (Å²) in [6, 6.07) is 13.0. The molecule has 0 spiro atoms. The number of piperidine rings is 1. The van der Waals surface area contributed by atoms with Crippen molar-refractivity contribution in [3.05, 3.63) is 96.3 Å². The maximum Gasteiger partial charge on any atom is 0.329 e. The fourth-order valence-electron chi connectivity index (χ4n) is 6.23. The van der Waals surface area contributed by atoms with E-state index in [-0.39, 0.29) is 30.0 Å². The van der Waals surface area contributed by atoms with E-state index in [1.54, 1.807) is 46.5 Å². The molecule has 4 N–H and O–H groups in total. The van der Waals surface area contributed by atoms with Gasteiger partial charge in [-0.25, -0.2) is 9.59 Å². The van der Waals surface area contributed by atoms with Crippen molar-refractivity contribution in [2.75, 3.05) is 49.9 Å². The van der Waals surface area contributed by atoms with E-state index in [9.17, 15) is 19.2 Å². The third-order valence-electron chi connectivity index (χ3n) is 8.75. The molecule has 0 bridgehead atoms. The first-order chi connectivity index (χ1) is 22.2. The molecule has 0 saturated carbocycles. The van der Waals surface area contributed by atoms with E-state index in [0.717, 1.165) is 11.3 Å². The van der Waals surface area contributed by atoms with Crippen LogP contribution in [0.5, 0.6) is 0 Å². The summed E-state index contributed by atoms with van der Waals surface area (Å²) in [5.41, 5.74) is 8.24. The lowest BCUT2D eigenvalue weighted by Gasteiger charge is -2.38. The van der Waals surface area contributed by atoms with E-state index in [1.165, 1.54) is 4.57 Å². The maximum absolute atomic E-state index is 14.0. The van der Waals surface area contributed by atoms with Gasteiger partial charge in [0.2, 0.25) is 5.91 Å². The van der Waals surface area contributed by atoms with Crippen molar-refractivity contribution in [1.29, 1.82) is 0 Å². The van der Waals surface area contributed by atoms with Crippen LogP contribution >= 0.6 is 31.9 Å². The number of piperazine rings is 1. The number of aromatic amines is 1. The molecule has 2 saturated heterocycles. The summed E-state index contributed by atoms with van der Waals surface area (Å²) in [6.45, 7) is 3.03. The number of para-hydroxylation sites is 1. The number of nitrogens with two attached hydrogens (primary N) is 1. The number of carbonyl (C=O) groups excluding carboxylic acids is 2. The number of amides is 3. The van der Waals surface area contributed by atoms with Crippen LogP contribution in [-0.4, -0.2) is 81.6 Å². The van der Waals surface area contributed by atoms with Gasteiger partial charge in [0.15, 0.2) is 0 Å². The van der Waals surface area contributed by atoms with E-state index in [0.29, 0.717) is 77.6 Å². The third kappa shape index (κ3) is 6.68. The van der Waals surface area contributed by atoms with Gasteiger partial charge in [0.1, 0.15) is 6.04 Å². The number of rotatable bonds is 6. The summed E-state index contributed by atoms with van der Waals surface area (Å²) in [4.78, 5) is 66.1. The van der Waals surface area contributed by atoms with Crippen LogP contribution in [0.2, 0.25) is 0 Å². The van der Waals surface area contributed by atoms with Gasteiger partial charge in [0, 0.05) is 78.8 Å². The molecule has 3 amide bonds. The number of anilines is 2. The SMILES string of the molecule is Nc1c(Br)cc(C[C@@H](NC(=O)N2CCC(n3c(=O)[nH]c4ccccc4c3=O)CC2)C(=O)N2CCN(c3ccncc3)CC2)cc1Br. The number of likely N-dealkylation sites (tertiary alicyclic amines) is 1. The molecule has 240 valence electrons. The van der Waals surface area contributed by atoms with Gasteiger partial charge in [0.05, 0.1) is 16.6 Å². The molecular weight excluding hydrogens is 720 g/mol. The third-order valence-corrected chi connectivity index (χ3v) is 10.1. The highest BCUT2D eigenvalue weighted by molar-refractivity contribution is 9.11. The Morgan fingerprint density at radius 3 is 2.26 bits per heavy atom.